The van der Waals surface area contributed by atoms with Crippen LogP contribution in [0.3, 0.4) is 0 Å². The minimum atomic E-state index is -0.233. The highest BCUT2D eigenvalue weighted by Gasteiger charge is 2.41. The Balaban J connectivity index is 1.37. The predicted molar refractivity (Wildman–Crippen MR) is 80.6 cm³/mol. The van der Waals surface area contributed by atoms with E-state index >= 15 is 0 Å². The molecule has 1 aromatic carbocycles. The van der Waals surface area contributed by atoms with Crippen LogP contribution in [0.1, 0.15) is 31.2 Å². The number of rotatable bonds is 6. The summed E-state index contributed by atoms with van der Waals surface area (Å²) >= 11 is 0. The first-order valence-electron chi connectivity index (χ1n) is 7.95. The average Bonchev–Trinajstić information content (AvgIpc) is 3.28. The first kappa shape index (κ1) is 15.0. The molecule has 22 heavy (non-hydrogen) atoms. The zero-order chi connectivity index (χ0) is 15.5. The summed E-state index contributed by atoms with van der Waals surface area (Å²) < 4.78 is 12.8. The van der Waals surface area contributed by atoms with Crippen LogP contribution in [0.25, 0.3) is 0 Å². The number of amides is 2. The van der Waals surface area contributed by atoms with Crippen LogP contribution in [0.15, 0.2) is 24.3 Å². The molecular formula is C17H21FN2O2. The second-order valence-corrected chi connectivity index (χ2v) is 6.20. The van der Waals surface area contributed by atoms with Gasteiger partial charge in [-0.1, -0.05) is 12.1 Å². The Morgan fingerprint density at radius 2 is 2.00 bits per heavy atom. The van der Waals surface area contributed by atoms with Gasteiger partial charge in [-0.2, -0.15) is 0 Å². The lowest BCUT2D eigenvalue weighted by atomic mass is 10.1. The quantitative estimate of drug-likeness (QED) is 0.816. The van der Waals surface area contributed by atoms with Crippen LogP contribution in [0.5, 0.6) is 0 Å². The molecule has 1 atom stereocenters. The van der Waals surface area contributed by atoms with Gasteiger partial charge < -0.3 is 10.2 Å². The Bertz CT molecular complexity index is 554. The molecule has 1 saturated carbocycles. The first-order valence-corrected chi connectivity index (χ1v) is 7.95. The molecule has 5 heteroatoms. The van der Waals surface area contributed by atoms with E-state index in [1.165, 1.54) is 12.1 Å². The van der Waals surface area contributed by atoms with E-state index in [0.717, 1.165) is 31.2 Å². The van der Waals surface area contributed by atoms with Crippen molar-refractivity contribution >= 4 is 11.8 Å². The Morgan fingerprint density at radius 1 is 1.27 bits per heavy atom. The molecule has 1 aromatic rings. The second-order valence-electron chi connectivity index (χ2n) is 6.20. The summed E-state index contributed by atoms with van der Waals surface area (Å²) in [7, 11) is 0. The highest BCUT2D eigenvalue weighted by molar-refractivity contribution is 5.89. The number of carbonyl (C=O) groups excluding carboxylic acids is 2. The van der Waals surface area contributed by atoms with Crippen molar-refractivity contribution in [3.8, 4) is 0 Å². The van der Waals surface area contributed by atoms with E-state index in [1.807, 2.05) is 4.90 Å². The predicted octanol–water partition coefficient (Wildman–Crippen LogP) is 1.89. The molecule has 1 heterocycles. The average molecular weight is 304 g/mol. The molecule has 2 aliphatic rings. The van der Waals surface area contributed by atoms with Crippen molar-refractivity contribution in [2.75, 3.05) is 13.1 Å². The molecule has 2 fully saturated rings. The summed E-state index contributed by atoms with van der Waals surface area (Å²) in [6.45, 7) is 1.16. The number of likely N-dealkylation sites (tertiary alicyclic amines) is 1. The van der Waals surface area contributed by atoms with Crippen molar-refractivity contribution < 1.29 is 14.0 Å². The van der Waals surface area contributed by atoms with E-state index < -0.39 is 0 Å². The molecule has 0 unspecified atom stereocenters. The molecule has 1 aliphatic carbocycles. The lowest BCUT2D eigenvalue weighted by Crippen LogP contribution is -2.34. The van der Waals surface area contributed by atoms with E-state index in [9.17, 15) is 14.0 Å². The normalized spacial score (nSPS) is 21.2. The molecule has 3 rings (SSSR count). The highest BCUT2D eigenvalue weighted by Crippen LogP contribution is 2.32. The van der Waals surface area contributed by atoms with Crippen molar-refractivity contribution in [3.05, 3.63) is 35.6 Å². The third kappa shape index (κ3) is 3.64. The van der Waals surface area contributed by atoms with Crippen molar-refractivity contribution in [3.63, 3.8) is 0 Å². The molecule has 1 N–H and O–H groups in total. The standard InChI is InChI=1S/C17H21FN2O2/c18-14-5-3-12(4-6-14)2-1-9-19-17(22)13-10-16(21)20(11-13)15-7-8-15/h3-6,13,15H,1-2,7-11H2,(H,19,22)/t13-/m0/s1. The van der Waals surface area contributed by atoms with Gasteiger partial charge in [-0.25, -0.2) is 4.39 Å². The van der Waals surface area contributed by atoms with E-state index in [0.29, 0.717) is 25.6 Å². The van der Waals surface area contributed by atoms with Crippen molar-refractivity contribution in [2.24, 2.45) is 5.92 Å². The van der Waals surface area contributed by atoms with E-state index in [4.69, 9.17) is 0 Å². The summed E-state index contributed by atoms with van der Waals surface area (Å²) in [6.07, 6.45) is 4.12. The maximum absolute atomic E-state index is 12.8. The molecular weight excluding hydrogens is 283 g/mol. The SMILES string of the molecule is O=C(NCCCc1ccc(F)cc1)[C@H]1CC(=O)N(C2CC2)C1. The van der Waals surface area contributed by atoms with Crippen LogP contribution in [-0.2, 0) is 16.0 Å². The van der Waals surface area contributed by atoms with Gasteiger partial charge in [0.25, 0.3) is 0 Å². The fourth-order valence-corrected chi connectivity index (χ4v) is 2.95. The van der Waals surface area contributed by atoms with E-state index in [-0.39, 0.29) is 23.5 Å². The van der Waals surface area contributed by atoms with Gasteiger partial charge in [-0.15, -0.1) is 0 Å². The fraction of sp³-hybridized carbons (Fsp3) is 0.529. The fourth-order valence-electron chi connectivity index (χ4n) is 2.95. The van der Waals surface area contributed by atoms with Gasteiger partial charge in [0.1, 0.15) is 5.82 Å². The Hall–Kier alpha value is -1.91. The van der Waals surface area contributed by atoms with Crippen LogP contribution in [0, 0.1) is 11.7 Å². The number of aryl methyl sites for hydroxylation is 1. The van der Waals surface area contributed by atoms with Crippen molar-refractivity contribution in [1.82, 2.24) is 10.2 Å². The van der Waals surface area contributed by atoms with Gasteiger partial charge in [-0.05, 0) is 43.4 Å². The van der Waals surface area contributed by atoms with Crippen LogP contribution < -0.4 is 5.32 Å². The number of benzene rings is 1. The number of carbonyl (C=O) groups is 2. The van der Waals surface area contributed by atoms with Gasteiger partial charge in [0.05, 0.1) is 5.92 Å². The molecule has 1 saturated heterocycles. The molecule has 0 spiro atoms. The molecule has 0 radical (unpaired) electrons. The largest absolute Gasteiger partial charge is 0.356 e. The number of hydrogen-bond acceptors (Lipinski definition) is 2. The molecule has 1 aliphatic heterocycles. The molecule has 118 valence electrons. The second kappa shape index (κ2) is 6.46. The summed E-state index contributed by atoms with van der Waals surface area (Å²) in [6, 6.07) is 6.82. The van der Waals surface area contributed by atoms with E-state index in [1.54, 1.807) is 12.1 Å². The summed E-state index contributed by atoms with van der Waals surface area (Å²) in [5.74, 6) is -0.327. The molecule has 2 amide bonds. The number of hydrogen-bond donors (Lipinski definition) is 1. The minimum Gasteiger partial charge on any atom is -0.356 e. The van der Waals surface area contributed by atoms with Crippen LogP contribution >= 0.6 is 0 Å². The zero-order valence-corrected chi connectivity index (χ0v) is 12.6. The zero-order valence-electron chi connectivity index (χ0n) is 12.6. The van der Waals surface area contributed by atoms with Crippen molar-refractivity contribution in [1.29, 1.82) is 0 Å². The van der Waals surface area contributed by atoms with Gasteiger partial charge in [0.15, 0.2) is 0 Å². The van der Waals surface area contributed by atoms with Crippen LogP contribution in [0.2, 0.25) is 0 Å². The van der Waals surface area contributed by atoms with Crippen molar-refractivity contribution in [2.45, 2.75) is 38.1 Å². The number of nitrogens with one attached hydrogen (secondary N) is 1. The Morgan fingerprint density at radius 3 is 2.68 bits per heavy atom. The van der Waals surface area contributed by atoms with Crippen LogP contribution in [-0.4, -0.2) is 35.8 Å². The maximum Gasteiger partial charge on any atom is 0.225 e. The molecule has 4 nitrogen and oxygen atoms in total. The topological polar surface area (TPSA) is 49.4 Å². The lowest BCUT2D eigenvalue weighted by Gasteiger charge is -2.15. The highest BCUT2D eigenvalue weighted by atomic mass is 19.1. The van der Waals surface area contributed by atoms with Gasteiger partial charge in [0, 0.05) is 25.6 Å². The number of nitrogens with zero attached hydrogens (tertiary/aromatic N) is 1. The summed E-state index contributed by atoms with van der Waals surface area (Å²) in [5, 5.41) is 2.91. The summed E-state index contributed by atoms with van der Waals surface area (Å²) in [4.78, 5) is 25.8. The monoisotopic (exact) mass is 304 g/mol. The molecule has 0 bridgehead atoms. The Labute approximate surface area is 129 Å². The molecule has 0 aromatic heterocycles. The van der Waals surface area contributed by atoms with E-state index in [2.05, 4.69) is 5.32 Å². The maximum atomic E-state index is 12.8. The smallest absolute Gasteiger partial charge is 0.225 e. The lowest BCUT2D eigenvalue weighted by molar-refractivity contribution is -0.129. The minimum absolute atomic E-state index is 0.0180. The third-order valence-electron chi connectivity index (χ3n) is 4.37. The van der Waals surface area contributed by atoms with Gasteiger partial charge in [0.2, 0.25) is 11.8 Å². The first-order chi connectivity index (χ1) is 10.6. The Kier molecular flexibility index (Phi) is 4.41. The van der Waals surface area contributed by atoms with Gasteiger partial charge >= 0.3 is 0 Å². The third-order valence-corrected chi connectivity index (χ3v) is 4.37. The summed E-state index contributed by atoms with van der Waals surface area (Å²) in [5.41, 5.74) is 1.06. The number of halogens is 1. The van der Waals surface area contributed by atoms with Gasteiger partial charge in [-0.3, -0.25) is 9.59 Å². The van der Waals surface area contributed by atoms with Crippen LogP contribution in [0.4, 0.5) is 4.39 Å².